The Balaban J connectivity index is 2.03. The second kappa shape index (κ2) is 6.73. The van der Waals surface area contributed by atoms with E-state index in [1.165, 1.54) is 0 Å². The van der Waals surface area contributed by atoms with Crippen LogP contribution in [0.3, 0.4) is 0 Å². The summed E-state index contributed by atoms with van der Waals surface area (Å²) in [6, 6.07) is 9.40. The number of nitrogens with zero attached hydrogens (tertiary/aromatic N) is 2. The highest BCUT2D eigenvalue weighted by molar-refractivity contribution is 6.06. The van der Waals surface area contributed by atoms with Crippen molar-refractivity contribution in [3.05, 3.63) is 41.6 Å². The number of aryl methyl sites for hydroxylation is 1. The van der Waals surface area contributed by atoms with Crippen LogP contribution in [0.15, 0.2) is 36.0 Å². The molecule has 2 rings (SSSR count). The molecule has 0 spiro atoms. The number of benzene rings is 1. The molecule has 0 radical (unpaired) electrons. The Morgan fingerprint density at radius 2 is 2.00 bits per heavy atom. The Kier molecular flexibility index (Phi) is 4.75. The largest absolute Gasteiger partial charge is 0.378 e. The Morgan fingerprint density at radius 1 is 1.35 bits per heavy atom. The number of nitriles is 1. The predicted molar refractivity (Wildman–Crippen MR) is 75.9 cm³/mol. The molecule has 1 aliphatic heterocycles. The fourth-order valence-corrected chi connectivity index (χ4v) is 1.86. The van der Waals surface area contributed by atoms with E-state index < -0.39 is 0 Å². The van der Waals surface area contributed by atoms with Gasteiger partial charge in [0.15, 0.2) is 0 Å². The summed E-state index contributed by atoms with van der Waals surface area (Å²) in [5.41, 5.74) is 1.91. The van der Waals surface area contributed by atoms with Gasteiger partial charge in [0.05, 0.1) is 13.2 Å². The molecule has 0 aliphatic carbocycles. The lowest BCUT2D eigenvalue weighted by Crippen LogP contribution is -2.33. The molecule has 20 heavy (non-hydrogen) atoms. The Bertz CT molecular complexity index is 537. The fraction of sp³-hybridized carbons (Fsp3) is 0.333. The third kappa shape index (κ3) is 3.84. The highest BCUT2D eigenvalue weighted by atomic mass is 16.5. The van der Waals surface area contributed by atoms with E-state index in [2.05, 4.69) is 5.32 Å². The van der Waals surface area contributed by atoms with Crippen molar-refractivity contribution in [3.8, 4) is 6.07 Å². The molecule has 0 saturated carbocycles. The molecule has 1 amide bonds. The molecule has 5 nitrogen and oxygen atoms in total. The highest BCUT2D eigenvalue weighted by Gasteiger charge is 2.13. The van der Waals surface area contributed by atoms with E-state index >= 15 is 0 Å². The Morgan fingerprint density at radius 3 is 2.60 bits per heavy atom. The number of anilines is 1. The zero-order chi connectivity index (χ0) is 14.4. The van der Waals surface area contributed by atoms with Crippen LogP contribution in [0.4, 0.5) is 5.69 Å². The van der Waals surface area contributed by atoms with Crippen molar-refractivity contribution in [3.63, 3.8) is 0 Å². The molecule has 1 N–H and O–H groups in total. The number of ether oxygens (including phenoxy) is 1. The summed E-state index contributed by atoms with van der Waals surface area (Å²) in [5.74, 6) is -0.386. The highest BCUT2D eigenvalue weighted by Crippen LogP contribution is 2.10. The van der Waals surface area contributed by atoms with Crippen LogP contribution in [-0.2, 0) is 9.53 Å². The minimum atomic E-state index is -0.386. The number of hydrogen-bond acceptors (Lipinski definition) is 4. The molecule has 1 aromatic carbocycles. The molecule has 1 aromatic rings. The van der Waals surface area contributed by atoms with Gasteiger partial charge < -0.3 is 15.0 Å². The first-order valence-electron chi connectivity index (χ1n) is 6.51. The summed E-state index contributed by atoms with van der Waals surface area (Å²) in [7, 11) is 0. The second-order valence-corrected chi connectivity index (χ2v) is 4.62. The summed E-state index contributed by atoms with van der Waals surface area (Å²) in [5, 5.41) is 11.8. The zero-order valence-electron chi connectivity index (χ0n) is 11.4. The van der Waals surface area contributed by atoms with Crippen molar-refractivity contribution in [1.29, 1.82) is 5.26 Å². The molecule has 1 fully saturated rings. The SMILES string of the molecule is Cc1ccc(NC(=O)/C(C#N)=C\N2CCOCC2)cc1. The summed E-state index contributed by atoms with van der Waals surface area (Å²) in [6.45, 7) is 4.61. The van der Waals surface area contributed by atoms with E-state index in [0.717, 1.165) is 5.56 Å². The molecule has 0 atom stereocenters. The van der Waals surface area contributed by atoms with E-state index in [0.29, 0.717) is 32.0 Å². The van der Waals surface area contributed by atoms with Gasteiger partial charge in [-0.1, -0.05) is 17.7 Å². The van der Waals surface area contributed by atoms with Crippen LogP contribution in [-0.4, -0.2) is 37.1 Å². The van der Waals surface area contributed by atoms with Gasteiger partial charge >= 0.3 is 0 Å². The second-order valence-electron chi connectivity index (χ2n) is 4.62. The van der Waals surface area contributed by atoms with Crippen LogP contribution in [0.2, 0.25) is 0 Å². The normalized spacial score (nSPS) is 15.6. The first kappa shape index (κ1) is 14.1. The van der Waals surface area contributed by atoms with Crippen LogP contribution >= 0.6 is 0 Å². The summed E-state index contributed by atoms with van der Waals surface area (Å²) in [4.78, 5) is 14.0. The van der Waals surface area contributed by atoms with Crippen molar-refractivity contribution >= 4 is 11.6 Å². The third-order valence-electron chi connectivity index (χ3n) is 3.03. The predicted octanol–water partition coefficient (Wildman–Crippen LogP) is 1.67. The Labute approximate surface area is 118 Å². The van der Waals surface area contributed by atoms with Gasteiger partial charge in [-0.05, 0) is 19.1 Å². The molecule has 104 valence electrons. The summed E-state index contributed by atoms with van der Waals surface area (Å²) >= 11 is 0. The lowest BCUT2D eigenvalue weighted by molar-refractivity contribution is -0.112. The van der Waals surface area contributed by atoms with Crippen molar-refractivity contribution in [2.45, 2.75) is 6.92 Å². The topological polar surface area (TPSA) is 65.4 Å². The minimum Gasteiger partial charge on any atom is -0.378 e. The van der Waals surface area contributed by atoms with Gasteiger partial charge in [0.25, 0.3) is 5.91 Å². The number of carbonyl (C=O) groups excluding carboxylic acids is 1. The molecule has 0 bridgehead atoms. The van der Waals surface area contributed by atoms with Crippen molar-refractivity contribution in [2.24, 2.45) is 0 Å². The van der Waals surface area contributed by atoms with Gasteiger partial charge in [-0.15, -0.1) is 0 Å². The molecular weight excluding hydrogens is 254 g/mol. The lowest BCUT2D eigenvalue weighted by Gasteiger charge is -2.25. The molecule has 5 heteroatoms. The minimum absolute atomic E-state index is 0.104. The number of carbonyl (C=O) groups is 1. The average molecular weight is 271 g/mol. The van der Waals surface area contributed by atoms with E-state index in [-0.39, 0.29) is 11.5 Å². The van der Waals surface area contributed by atoms with Crippen LogP contribution in [0.1, 0.15) is 5.56 Å². The number of amides is 1. The summed E-state index contributed by atoms with van der Waals surface area (Å²) in [6.07, 6.45) is 1.60. The first-order valence-corrected chi connectivity index (χ1v) is 6.51. The smallest absolute Gasteiger partial charge is 0.267 e. The number of rotatable bonds is 3. The van der Waals surface area contributed by atoms with Crippen LogP contribution in [0.5, 0.6) is 0 Å². The maximum absolute atomic E-state index is 12.0. The first-order chi connectivity index (χ1) is 9.69. The Hall–Kier alpha value is -2.32. The van der Waals surface area contributed by atoms with E-state index in [9.17, 15) is 4.79 Å². The lowest BCUT2D eigenvalue weighted by atomic mass is 10.2. The quantitative estimate of drug-likeness (QED) is 0.671. The van der Waals surface area contributed by atoms with E-state index in [4.69, 9.17) is 10.00 Å². The summed E-state index contributed by atoms with van der Waals surface area (Å²) < 4.78 is 5.23. The van der Waals surface area contributed by atoms with Gasteiger partial charge in [0, 0.05) is 25.0 Å². The molecule has 0 aromatic heterocycles. The van der Waals surface area contributed by atoms with E-state index in [1.807, 2.05) is 42.2 Å². The van der Waals surface area contributed by atoms with Crippen molar-refractivity contribution in [2.75, 3.05) is 31.6 Å². The average Bonchev–Trinajstić information content (AvgIpc) is 2.48. The molecule has 1 aliphatic rings. The third-order valence-corrected chi connectivity index (χ3v) is 3.03. The fourth-order valence-electron chi connectivity index (χ4n) is 1.86. The van der Waals surface area contributed by atoms with E-state index in [1.54, 1.807) is 6.20 Å². The van der Waals surface area contributed by atoms with Crippen LogP contribution in [0.25, 0.3) is 0 Å². The van der Waals surface area contributed by atoms with Gasteiger partial charge in [-0.25, -0.2) is 0 Å². The number of nitrogens with one attached hydrogen (secondary N) is 1. The standard InChI is InChI=1S/C15H17N3O2/c1-12-2-4-14(5-3-12)17-15(19)13(10-16)11-18-6-8-20-9-7-18/h2-5,11H,6-9H2,1H3,(H,17,19)/b13-11-. The molecule has 0 unspecified atom stereocenters. The van der Waals surface area contributed by atoms with Crippen molar-refractivity contribution in [1.82, 2.24) is 4.90 Å². The van der Waals surface area contributed by atoms with Gasteiger partial charge in [-0.2, -0.15) is 5.26 Å². The maximum atomic E-state index is 12.0. The van der Waals surface area contributed by atoms with Crippen LogP contribution in [0, 0.1) is 18.3 Å². The molecular formula is C15H17N3O2. The van der Waals surface area contributed by atoms with Crippen LogP contribution < -0.4 is 5.32 Å². The van der Waals surface area contributed by atoms with Gasteiger partial charge in [0.1, 0.15) is 11.6 Å². The zero-order valence-corrected chi connectivity index (χ0v) is 11.4. The molecule has 1 saturated heterocycles. The maximum Gasteiger partial charge on any atom is 0.267 e. The van der Waals surface area contributed by atoms with Gasteiger partial charge in [0.2, 0.25) is 0 Å². The van der Waals surface area contributed by atoms with Gasteiger partial charge in [-0.3, -0.25) is 4.79 Å². The molecule has 1 heterocycles. The number of morpholine rings is 1. The number of hydrogen-bond donors (Lipinski definition) is 1. The van der Waals surface area contributed by atoms with Crippen molar-refractivity contribution < 1.29 is 9.53 Å². The monoisotopic (exact) mass is 271 g/mol.